The minimum absolute atomic E-state index is 0. The van der Waals surface area contributed by atoms with E-state index in [0.29, 0.717) is 12.5 Å². The molecule has 1 amide bonds. The Balaban J connectivity index is 0.00000361. The Labute approximate surface area is 139 Å². The molecule has 1 heterocycles. The number of hydrogen-bond donors (Lipinski definition) is 2. The number of nitrogens with zero attached hydrogens (tertiary/aromatic N) is 3. The second kappa shape index (κ2) is 8.66. The van der Waals surface area contributed by atoms with E-state index < -0.39 is 0 Å². The molecular weight excluding hydrogens is 369 g/mol. The summed E-state index contributed by atoms with van der Waals surface area (Å²) in [5, 5.41) is 3.14. The fourth-order valence-corrected chi connectivity index (χ4v) is 2.02. The highest BCUT2D eigenvalue weighted by Crippen LogP contribution is 2.01. The third-order valence-electron chi connectivity index (χ3n) is 3.02. The van der Waals surface area contributed by atoms with Crippen LogP contribution in [0.15, 0.2) is 4.99 Å². The van der Waals surface area contributed by atoms with Crippen LogP contribution in [0.4, 0.5) is 0 Å². The lowest BCUT2D eigenvalue weighted by Gasteiger charge is -2.33. The lowest BCUT2D eigenvalue weighted by atomic mass is 10.1. The number of piperazine rings is 1. The first-order valence-electron chi connectivity index (χ1n) is 6.84. The van der Waals surface area contributed by atoms with Gasteiger partial charge in [0.05, 0.1) is 6.54 Å². The Kier molecular flexibility index (Phi) is 8.41. The molecule has 0 saturated carbocycles. The molecule has 1 aliphatic rings. The van der Waals surface area contributed by atoms with Crippen molar-refractivity contribution in [3.05, 3.63) is 0 Å². The summed E-state index contributed by atoms with van der Waals surface area (Å²) in [7, 11) is 0. The molecule has 1 fully saturated rings. The van der Waals surface area contributed by atoms with Gasteiger partial charge in [-0.3, -0.25) is 14.7 Å². The number of carbonyl (C=O) groups excluding carboxylic acids is 1. The third kappa shape index (κ3) is 7.88. The number of guanidine groups is 1. The van der Waals surface area contributed by atoms with E-state index in [-0.39, 0.29) is 35.4 Å². The van der Waals surface area contributed by atoms with Crippen LogP contribution in [0.3, 0.4) is 0 Å². The minimum atomic E-state index is -0.0549. The number of nitrogens with two attached hydrogens (primary N) is 1. The Hall–Kier alpha value is -0.570. The highest BCUT2D eigenvalue weighted by atomic mass is 127. The molecule has 3 N–H and O–H groups in total. The summed E-state index contributed by atoms with van der Waals surface area (Å²) >= 11 is 0. The molecule has 0 unspecified atom stereocenters. The van der Waals surface area contributed by atoms with Gasteiger partial charge in [0.25, 0.3) is 0 Å². The summed E-state index contributed by atoms with van der Waals surface area (Å²) < 4.78 is 0. The second-order valence-corrected chi connectivity index (χ2v) is 5.99. The van der Waals surface area contributed by atoms with Gasteiger partial charge in [-0.1, -0.05) is 0 Å². The molecule has 0 atom stereocenters. The first kappa shape index (κ1) is 19.4. The molecule has 0 radical (unpaired) electrons. The standard InChI is InChI=1S/C13H27N5O.HI/c1-11(19)18-9-7-17(8-10-18)6-5-15-12(14)16-13(2,3)4;/h5-10H2,1-4H3,(H3,14,15,16);1H. The van der Waals surface area contributed by atoms with E-state index in [4.69, 9.17) is 5.73 Å². The summed E-state index contributed by atoms with van der Waals surface area (Å²) in [6.07, 6.45) is 0. The van der Waals surface area contributed by atoms with E-state index in [0.717, 1.165) is 32.7 Å². The van der Waals surface area contributed by atoms with E-state index in [9.17, 15) is 4.79 Å². The van der Waals surface area contributed by atoms with Crippen LogP contribution in [-0.2, 0) is 4.79 Å². The van der Waals surface area contributed by atoms with Crippen molar-refractivity contribution in [1.29, 1.82) is 0 Å². The van der Waals surface area contributed by atoms with Gasteiger partial charge in [0.1, 0.15) is 0 Å². The number of carbonyl (C=O) groups is 1. The van der Waals surface area contributed by atoms with Crippen molar-refractivity contribution in [3.63, 3.8) is 0 Å². The van der Waals surface area contributed by atoms with Crippen molar-refractivity contribution < 1.29 is 4.79 Å². The van der Waals surface area contributed by atoms with Crippen molar-refractivity contribution in [2.24, 2.45) is 10.7 Å². The van der Waals surface area contributed by atoms with Crippen LogP contribution in [-0.4, -0.2) is 66.5 Å². The molecule has 118 valence electrons. The summed E-state index contributed by atoms with van der Waals surface area (Å²) in [5.41, 5.74) is 5.75. The van der Waals surface area contributed by atoms with E-state index in [1.54, 1.807) is 6.92 Å². The maximum Gasteiger partial charge on any atom is 0.219 e. The van der Waals surface area contributed by atoms with Gasteiger partial charge in [0.15, 0.2) is 5.96 Å². The molecule has 7 heteroatoms. The van der Waals surface area contributed by atoms with Gasteiger partial charge in [-0.2, -0.15) is 0 Å². The molecule has 0 aromatic heterocycles. The minimum Gasteiger partial charge on any atom is -0.370 e. The number of aliphatic imine (C=N–C) groups is 1. The van der Waals surface area contributed by atoms with Crippen LogP contribution in [0.5, 0.6) is 0 Å². The quantitative estimate of drug-likeness (QED) is 0.413. The number of amides is 1. The SMILES string of the molecule is CC(=O)N1CCN(CCN=C(N)NC(C)(C)C)CC1.I. The zero-order valence-electron chi connectivity index (χ0n) is 13.0. The van der Waals surface area contributed by atoms with Gasteiger partial charge in [-0.25, -0.2) is 0 Å². The van der Waals surface area contributed by atoms with Gasteiger partial charge in [0.2, 0.25) is 5.91 Å². The Morgan fingerprint density at radius 2 is 1.80 bits per heavy atom. The molecule has 0 bridgehead atoms. The lowest BCUT2D eigenvalue weighted by molar-refractivity contribution is -0.130. The predicted octanol–water partition coefficient (Wildman–Crippen LogP) is 0.471. The largest absolute Gasteiger partial charge is 0.370 e. The van der Waals surface area contributed by atoms with Crippen LogP contribution in [0.25, 0.3) is 0 Å². The molecular formula is C13H28IN5O. The summed E-state index contributed by atoms with van der Waals surface area (Å²) in [5.74, 6) is 0.658. The normalized spacial score (nSPS) is 17.6. The van der Waals surface area contributed by atoms with Crippen molar-refractivity contribution >= 4 is 35.8 Å². The third-order valence-corrected chi connectivity index (χ3v) is 3.02. The van der Waals surface area contributed by atoms with Gasteiger partial charge < -0.3 is 16.0 Å². The first-order valence-corrected chi connectivity index (χ1v) is 6.84. The molecule has 20 heavy (non-hydrogen) atoms. The van der Waals surface area contributed by atoms with Crippen LogP contribution in [0.2, 0.25) is 0 Å². The average molecular weight is 397 g/mol. The smallest absolute Gasteiger partial charge is 0.219 e. The van der Waals surface area contributed by atoms with Crippen LogP contribution in [0, 0.1) is 0 Å². The van der Waals surface area contributed by atoms with Gasteiger partial charge in [-0.15, -0.1) is 24.0 Å². The van der Waals surface area contributed by atoms with Gasteiger partial charge >= 0.3 is 0 Å². The van der Waals surface area contributed by atoms with Gasteiger partial charge in [-0.05, 0) is 20.8 Å². The first-order chi connectivity index (χ1) is 8.78. The van der Waals surface area contributed by atoms with Crippen molar-refractivity contribution in [1.82, 2.24) is 15.1 Å². The van der Waals surface area contributed by atoms with E-state index in [1.807, 2.05) is 4.90 Å². The second-order valence-electron chi connectivity index (χ2n) is 5.99. The number of rotatable bonds is 3. The highest BCUT2D eigenvalue weighted by molar-refractivity contribution is 14.0. The molecule has 1 rings (SSSR count). The average Bonchev–Trinajstić information content (AvgIpc) is 2.27. The van der Waals surface area contributed by atoms with Crippen LogP contribution in [0.1, 0.15) is 27.7 Å². The van der Waals surface area contributed by atoms with Crippen molar-refractivity contribution in [3.8, 4) is 0 Å². The zero-order valence-corrected chi connectivity index (χ0v) is 15.3. The van der Waals surface area contributed by atoms with E-state index >= 15 is 0 Å². The predicted molar refractivity (Wildman–Crippen MR) is 93.5 cm³/mol. The topological polar surface area (TPSA) is 74.0 Å². The van der Waals surface area contributed by atoms with Crippen LogP contribution < -0.4 is 11.1 Å². The maximum absolute atomic E-state index is 11.2. The Morgan fingerprint density at radius 3 is 2.25 bits per heavy atom. The maximum atomic E-state index is 11.2. The summed E-state index contributed by atoms with van der Waals surface area (Å²) in [6, 6.07) is 0. The van der Waals surface area contributed by atoms with E-state index in [2.05, 4.69) is 36.0 Å². The zero-order chi connectivity index (χ0) is 14.5. The van der Waals surface area contributed by atoms with Crippen molar-refractivity contribution in [2.75, 3.05) is 39.3 Å². The lowest BCUT2D eigenvalue weighted by Crippen LogP contribution is -2.49. The molecule has 0 spiro atoms. The molecule has 1 saturated heterocycles. The highest BCUT2D eigenvalue weighted by Gasteiger charge is 2.17. The molecule has 0 aromatic carbocycles. The molecule has 6 nitrogen and oxygen atoms in total. The summed E-state index contributed by atoms with van der Waals surface area (Å²) in [4.78, 5) is 19.7. The van der Waals surface area contributed by atoms with E-state index in [1.165, 1.54) is 0 Å². The number of halogens is 1. The molecule has 0 aliphatic carbocycles. The fraction of sp³-hybridized carbons (Fsp3) is 0.846. The van der Waals surface area contributed by atoms with Gasteiger partial charge in [0, 0.05) is 45.2 Å². The Bertz CT molecular complexity index is 332. The monoisotopic (exact) mass is 397 g/mol. The van der Waals surface area contributed by atoms with Crippen molar-refractivity contribution in [2.45, 2.75) is 33.2 Å². The Morgan fingerprint density at radius 1 is 1.25 bits per heavy atom. The fourth-order valence-electron chi connectivity index (χ4n) is 2.02. The number of nitrogens with one attached hydrogen (secondary N) is 1. The molecule has 0 aromatic rings. The molecule has 1 aliphatic heterocycles. The number of hydrogen-bond acceptors (Lipinski definition) is 3. The van der Waals surface area contributed by atoms with Crippen LogP contribution >= 0.6 is 24.0 Å². The summed E-state index contributed by atoms with van der Waals surface area (Å²) in [6.45, 7) is 12.8.